The Morgan fingerprint density at radius 3 is 2.12 bits per heavy atom. The van der Waals surface area contributed by atoms with Crippen LogP contribution in [0.4, 0.5) is 0 Å². The number of amides is 1. The van der Waals surface area contributed by atoms with Crippen LogP contribution in [-0.4, -0.2) is 25.8 Å². The molecular formula is C18H21NO3S2. The highest BCUT2D eigenvalue weighted by Crippen LogP contribution is 2.24. The summed E-state index contributed by atoms with van der Waals surface area (Å²) >= 11 is 1.50. The quantitative estimate of drug-likeness (QED) is 0.799. The van der Waals surface area contributed by atoms with Gasteiger partial charge in [-0.3, -0.25) is 4.79 Å². The van der Waals surface area contributed by atoms with Crippen LogP contribution in [0.15, 0.2) is 64.4 Å². The minimum absolute atomic E-state index is 0.0523. The molecule has 0 radical (unpaired) electrons. The Hall–Kier alpha value is -1.79. The number of carbonyl (C=O) groups excluding carboxylic acids is 1. The van der Waals surface area contributed by atoms with Gasteiger partial charge in [-0.05, 0) is 43.7 Å². The van der Waals surface area contributed by atoms with Crippen molar-refractivity contribution in [1.29, 1.82) is 0 Å². The average Bonchev–Trinajstić information content (AvgIpc) is 2.55. The van der Waals surface area contributed by atoms with Gasteiger partial charge in [0.05, 0.1) is 16.2 Å². The highest BCUT2D eigenvalue weighted by molar-refractivity contribution is 8.00. The number of thioether (sulfide) groups is 1. The third-order valence-corrected chi connectivity index (χ3v) is 5.83. The van der Waals surface area contributed by atoms with Crippen LogP contribution in [0.1, 0.15) is 25.5 Å². The molecule has 0 spiro atoms. The summed E-state index contributed by atoms with van der Waals surface area (Å²) in [5, 5.41) is 2.75. The van der Waals surface area contributed by atoms with Crippen LogP contribution in [0.2, 0.25) is 0 Å². The Morgan fingerprint density at radius 1 is 1.00 bits per heavy atom. The van der Waals surface area contributed by atoms with E-state index < -0.39 is 9.84 Å². The molecule has 2 aromatic carbocycles. The molecule has 0 aliphatic rings. The summed E-state index contributed by atoms with van der Waals surface area (Å²) in [4.78, 5) is 13.7. The lowest BCUT2D eigenvalue weighted by molar-refractivity contribution is -0.120. The van der Waals surface area contributed by atoms with Crippen molar-refractivity contribution in [2.75, 3.05) is 6.26 Å². The van der Waals surface area contributed by atoms with E-state index in [1.54, 1.807) is 24.3 Å². The maximum absolute atomic E-state index is 12.3. The first-order valence-corrected chi connectivity index (χ1v) is 10.4. The van der Waals surface area contributed by atoms with Crippen molar-refractivity contribution in [3.63, 3.8) is 0 Å². The summed E-state index contributed by atoms with van der Waals surface area (Å²) < 4.78 is 23.0. The lowest BCUT2D eigenvalue weighted by Crippen LogP contribution is -2.33. The molecule has 0 aromatic heterocycles. The van der Waals surface area contributed by atoms with Crippen LogP contribution in [0.5, 0.6) is 0 Å². The number of hydrogen-bond acceptors (Lipinski definition) is 4. The van der Waals surface area contributed by atoms with Crippen LogP contribution in [0.3, 0.4) is 0 Å². The largest absolute Gasteiger partial charge is 0.349 e. The van der Waals surface area contributed by atoms with E-state index in [1.165, 1.54) is 18.0 Å². The van der Waals surface area contributed by atoms with Crippen LogP contribution >= 0.6 is 11.8 Å². The van der Waals surface area contributed by atoms with Crippen LogP contribution in [0.25, 0.3) is 0 Å². The summed E-state index contributed by atoms with van der Waals surface area (Å²) in [5.74, 6) is -0.0523. The molecule has 0 bridgehead atoms. The van der Waals surface area contributed by atoms with E-state index in [4.69, 9.17) is 0 Å². The van der Waals surface area contributed by atoms with E-state index in [1.807, 2.05) is 44.2 Å². The molecule has 0 fully saturated rings. The number of benzene rings is 2. The predicted molar refractivity (Wildman–Crippen MR) is 97.9 cm³/mol. The van der Waals surface area contributed by atoms with Crippen molar-refractivity contribution < 1.29 is 13.2 Å². The van der Waals surface area contributed by atoms with Gasteiger partial charge in [0.15, 0.2) is 9.84 Å². The summed E-state index contributed by atoms with van der Waals surface area (Å²) in [7, 11) is -3.21. The second-order valence-corrected chi connectivity index (χ2v) is 9.07. The molecule has 2 aromatic rings. The third kappa shape index (κ3) is 5.11. The van der Waals surface area contributed by atoms with Gasteiger partial charge in [0.25, 0.3) is 0 Å². The van der Waals surface area contributed by atoms with Crippen molar-refractivity contribution in [3.05, 3.63) is 60.2 Å². The summed E-state index contributed by atoms with van der Waals surface area (Å²) in [6.45, 7) is 3.75. The molecule has 0 unspecified atom stereocenters. The molecule has 0 saturated carbocycles. The number of sulfone groups is 1. The maximum Gasteiger partial charge on any atom is 0.233 e. The number of carbonyl (C=O) groups is 1. The predicted octanol–water partition coefficient (Wildman–Crippen LogP) is 3.45. The van der Waals surface area contributed by atoms with E-state index in [9.17, 15) is 13.2 Å². The van der Waals surface area contributed by atoms with Gasteiger partial charge in [0.1, 0.15) is 0 Å². The molecule has 0 aliphatic heterocycles. The fourth-order valence-corrected chi connectivity index (χ4v) is 3.70. The molecular weight excluding hydrogens is 342 g/mol. The Bertz CT molecular complexity index is 787. The molecule has 2 rings (SSSR count). The van der Waals surface area contributed by atoms with Gasteiger partial charge in [0, 0.05) is 11.2 Å². The topological polar surface area (TPSA) is 63.2 Å². The molecule has 1 N–H and O–H groups in total. The minimum Gasteiger partial charge on any atom is -0.349 e. The van der Waals surface area contributed by atoms with Crippen molar-refractivity contribution in [2.45, 2.75) is 34.9 Å². The summed E-state index contributed by atoms with van der Waals surface area (Å²) in [6, 6.07) is 16.2. The molecule has 0 aliphatic carbocycles. The first kappa shape index (κ1) is 18.5. The monoisotopic (exact) mass is 363 g/mol. The van der Waals surface area contributed by atoms with E-state index >= 15 is 0 Å². The SMILES string of the molecule is C[C@H](NC(=O)[C@@H](C)Sc1ccccc1)c1ccc(S(C)(=O)=O)cc1. The number of hydrogen-bond donors (Lipinski definition) is 1. The normalized spacial score (nSPS) is 14.0. The smallest absolute Gasteiger partial charge is 0.233 e. The number of nitrogens with one attached hydrogen (secondary N) is 1. The fraction of sp³-hybridized carbons (Fsp3) is 0.278. The molecule has 1 amide bonds. The van der Waals surface area contributed by atoms with Crippen molar-refractivity contribution in [1.82, 2.24) is 5.32 Å². The molecule has 128 valence electrons. The zero-order valence-electron chi connectivity index (χ0n) is 13.9. The molecule has 0 saturated heterocycles. The first-order chi connectivity index (χ1) is 11.3. The second kappa shape index (κ2) is 7.85. The van der Waals surface area contributed by atoms with Crippen molar-refractivity contribution in [2.24, 2.45) is 0 Å². The Labute approximate surface area is 147 Å². The molecule has 2 atom stereocenters. The lowest BCUT2D eigenvalue weighted by atomic mass is 10.1. The van der Waals surface area contributed by atoms with E-state index in [2.05, 4.69) is 5.32 Å². The minimum atomic E-state index is -3.21. The van der Waals surface area contributed by atoms with Crippen LogP contribution in [-0.2, 0) is 14.6 Å². The second-order valence-electron chi connectivity index (χ2n) is 5.64. The molecule has 0 heterocycles. The van der Waals surface area contributed by atoms with E-state index in [-0.39, 0.29) is 22.1 Å². The zero-order valence-corrected chi connectivity index (χ0v) is 15.5. The standard InChI is InChI=1S/C18H21NO3S2/c1-13(15-9-11-17(12-10-15)24(3,21)22)19-18(20)14(2)23-16-7-5-4-6-8-16/h4-14H,1-3H3,(H,19,20)/t13-,14+/m0/s1. The zero-order chi connectivity index (χ0) is 17.7. The van der Waals surface area contributed by atoms with E-state index in [0.29, 0.717) is 0 Å². The maximum atomic E-state index is 12.3. The molecule has 24 heavy (non-hydrogen) atoms. The fourth-order valence-electron chi connectivity index (χ4n) is 2.17. The van der Waals surface area contributed by atoms with Gasteiger partial charge in [-0.2, -0.15) is 0 Å². The number of rotatable bonds is 6. The highest BCUT2D eigenvalue weighted by atomic mass is 32.2. The molecule has 6 heteroatoms. The first-order valence-electron chi connectivity index (χ1n) is 7.59. The Kier molecular flexibility index (Phi) is 6.07. The van der Waals surface area contributed by atoms with E-state index in [0.717, 1.165) is 10.5 Å². The Balaban J connectivity index is 1.98. The average molecular weight is 364 g/mol. The Morgan fingerprint density at radius 2 is 1.58 bits per heavy atom. The van der Waals surface area contributed by atoms with Crippen LogP contribution < -0.4 is 5.32 Å². The van der Waals surface area contributed by atoms with Gasteiger partial charge in [-0.15, -0.1) is 11.8 Å². The van der Waals surface area contributed by atoms with Gasteiger partial charge in [-0.1, -0.05) is 30.3 Å². The highest BCUT2D eigenvalue weighted by Gasteiger charge is 2.17. The van der Waals surface area contributed by atoms with Crippen LogP contribution in [0, 0.1) is 0 Å². The van der Waals surface area contributed by atoms with Gasteiger partial charge in [0.2, 0.25) is 5.91 Å². The molecule has 4 nitrogen and oxygen atoms in total. The van der Waals surface area contributed by atoms with Gasteiger partial charge >= 0.3 is 0 Å². The van der Waals surface area contributed by atoms with Crippen molar-refractivity contribution >= 4 is 27.5 Å². The summed E-state index contributed by atoms with van der Waals surface area (Å²) in [5.41, 5.74) is 0.868. The third-order valence-electron chi connectivity index (χ3n) is 3.59. The van der Waals surface area contributed by atoms with Crippen molar-refractivity contribution in [3.8, 4) is 0 Å². The summed E-state index contributed by atoms with van der Waals surface area (Å²) in [6.07, 6.45) is 1.18. The lowest BCUT2D eigenvalue weighted by Gasteiger charge is -2.18. The van der Waals surface area contributed by atoms with Gasteiger partial charge in [-0.25, -0.2) is 8.42 Å². The van der Waals surface area contributed by atoms with Gasteiger partial charge < -0.3 is 5.32 Å².